The quantitative estimate of drug-likeness (QED) is 0.878. The van der Waals surface area contributed by atoms with Crippen LogP contribution in [-0.4, -0.2) is 23.2 Å². The zero-order valence-electron chi connectivity index (χ0n) is 10.2. The van der Waals surface area contributed by atoms with Crippen LogP contribution in [0.2, 0.25) is 0 Å². The van der Waals surface area contributed by atoms with E-state index in [1.807, 2.05) is 32.0 Å². The SMILES string of the molecule is CCC(CC)(CO)NC(=O)c1ccccc1Br. The van der Waals surface area contributed by atoms with Gasteiger partial charge in [0, 0.05) is 4.47 Å². The molecule has 0 aliphatic rings. The molecule has 17 heavy (non-hydrogen) atoms. The molecular weight excluding hydrogens is 282 g/mol. The van der Waals surface area contributed by atoms with E-state index in [0.29, 0.717) is 18.4 Å². The summed E-state index contributed by atoms with van der Waals surface area (Å²) in [4.78, 5) is 12.1. The molecule has 0 fully saturated rings. The average Bonchev–Trinajstić information content (AvgIpc) is 2.36. The van der Waals surface area contributed by atoms with Gasteiger partial charge in [-0.1, -0.05) is 26.0 Å². The predicted molar refractivity (Wildman–Crippen MR) is 72.0 cm³/mol. The van der Waals surface area contributed by atoms with Crippen molar-refractivity contribution in [3.63, 3.8) is 0 Å². The molecule has 0 heterocycles. The van der Waals surface area contributed by atoms with Crippen LogP contribution in [0, 0.1) is 0 Å². The maximum absolute atomic E-state index is 12.1. The summed E-state index contributed by atoms with van der Waals surface area (Å²) in [5.41, 5.74) is 0.0686. The first-order valence-electron chi connectivity index (χ1n) is 5.76. The highest BCUT2D eigenvalue weighted by molar-refractivity contribution is 9.10. The lowest BCUT2D eigenvalue weighted by Gasteiger charge is -2.30. The molecule has 0 saturated carbocycles. The molecule has 1 amide bonds. The molecule has 1 rings (SSSR count). The first kappa shape index (κ1) is 14.2. The summed E-state index contributed by atoms with van der Waals surface area (Å²) in [6.45, 7) is 3.87. The fraction of sp³-hybridized carbons (Fsp3) is 0.462. The Labute approximate surface area is 110 Å². The van der Waals surface area contributed by atoms with Crippen molar-refractivity contribution in [2.24, 2.45) is 0 Å². The molecule has 4 heteroatoms. The molecule has 0 spiro atoms. The minimum atomic E-state index is -0.521. The largest absolute Gasteiger partial charge is 0.394 e. The van der Waals surface area contributed by atoms with Crippen LogP contribution in [-0.2, 0) is 0 Å². The van der Waals surface area contributed by atoms with E-state index in [0.717, 1.165) is 4.47 Å². The fourth-order valence-corrected chi connectivity index (χ4v) is 2.11. The fourth-order valence-electron chi connectivity index (χ4n) is 1.64. The molecule has 1 aromatic rings. The Bertz CT molecular complexity index is 380. The Morgan fingerprint density at radius 3 is 2.41 bits per heavy atom. The monoisotopic (exact) mass is 299 g/mol. The van der Waals surface area contributed by atoms with Crippen LogP contribution in [0.15, 0.2) is 28.7 Å². The molecule has 2 N–H and O–H groups in total. The second-order valence-corrected chi connectivity index (χ2v) is 4.93. The number of amides is 1. The highest BCUT2D eigenvalue weighted by Gasteiger charge is 2.27. The van der Waals surface area contributed by atoms with Crippen molar-refractivity contribution >= 4 is 21.8 Å². The third-order valence-corrected chi connectivity index (χ3v) is 3.84. The molecule has 0 aromatic heterocycles. The Balaban J connectivity index is 2.89. The number of aliphatic hydroxyl groups excluding tert-OH is 1. The highest BCUT2D eigenvalue weighted by atomic mass is 79.9. The zero-order valence-corrected chi connectivity index (χ0v) is 11.8. The van der Waals surface area contributed by atoms with Crippen molar-refractivity contribution in [2.75, 3.05) is 6.61 Å². The summed E-state index contributed by atoms with van der Waals surface area (Å²) in [6, 6.07) is 7.26. The van der Waals surface area contributed by atoms with Gasteiger partial charge in [0.05, 0.1) is 17.7 Å². The van der Waals surface area contributed by atoms with Crippen LogP contribution in [0.3, 0.4) is 0 Å². The van der Waals surface area contributed by atoms with Gasteiger partial charge in [0.25, 0.3) is 5.91 Å². The van der Waals surface area contributed by atoms with E-state index in [1.54, 1.807) is 6.07 Å². The standard InChI is InChI=1S/C13H18BrNO2/c1-3-13(4-2,9-16)15-12(17)10-7-5-6-8-11(10)14/h5-8,16H,3-4,9H2,1-2H3,(H,15,17). The summed E-state index contributed by atoms with van der Waals surface area (Å²) in [5.74, 6) is -0.157. The lowest BCUT2D eigenvalue weighted by molar-refractivity contribution is 0.0817. The molecule has 94 valence electrons. The zero-order chi connectivity index (χ0) is 12.9. The highest BCUT2D eigenvalue weighted by Crippen LogP contribution is 2.19. The molecule has 0 atom stereocenters. The maximum atomic E-state index is 12.1. The van der Waals surface area contributed by atoms with Gasteiger partial charge in [-0.05, 0) is 40.9 Å². The van der Waals surface area contributed by atoms with Gasteiger partial charge in [-0.25, -0.2) is 0 Å². The van der Waals surface area contributed by atoms with Crippen LogP contribution >= 0.6 is 15.9 Å². The number of rotatable bonds is 5. The number of aliphatic hydroxyl groups is 1. The van der Waals surface area contributed by atoms with E-state index >= 15 is 0 Å². The van der Waals surface area contributed by atoms with Crippen molar-refractivity contribution in [2.45, 2.75) is 32.2 Å². The van der Waals surface area contributed by atoms with Gasteiger partial charge in [0.1, 0.15) is 0 Å². The van der Waals surface area contributed by atoms with Gasteiger partial charge in [0.15, 0.2) is 0 Å². The maximum Gasteiger partial charge on any atom is 0.252 e. The summed E-state index contributed by atoms with van der Waals surface area (Å²) < 4.78 is 0.761. The van der Waals surface area contributed by atoms with E-state index in [9.17, 15) is 9.90 Å². The van der Waals surface area contributed by atoms with Gasteiger partial charge in [0.2, 0.25) is 0 Å². The smallest absolute Gasteiger partial charge is 0.252 e. The van der Waals surface area contributed by atoms with Crippen molar-refractivity contribution in [1.82, 2.24) is 5.32 Å². The topological polar surface area (TPSA) is 49.3 Å². The number of nitrogens with one attached hydrogen (secondary N) is 1. The third kappa shape index (κ3) is 3.30. The van der Waals surface area contributed by atoms with Gasteiger partial charge in [-0.15, -0.1) is 0 Å². The van der Waals surface area contributed by atoms with Gasteiger partial charge >= 0.3 is 0 Å². The molecule has 0 aliphatic carbocycles. The normalized spacial score (nSPS) is 11.3. The van der Waals surface area contributed by atoms with Crippen molar-refractivity contribution in [1.29, 1.82) is 0 Å². The lowest BCUT2D eigenvalue weighted by atomic mass is 9.93. The third-order valence-electron chi connectivity index (χ3n) is 3.15. The number of carbonyl (C=O) groups is 1. The Hall–Kier alpha value is -0.870. The lowest BCUT2D eigenvalue weighted by Crippen LogP contribution is -2.50. The minimum absolute atomic E-state index is 0.0454. The second-order valence-electron chi connectivity index (χ2n) is 4.08. The number of halogens is 1. The molecule has 3 nitrogen and oxygen atoms in total. The van der Waals surface area contributed by atoms with Crippen LogP contribution in [0.4, 0.5) is 0 Å². The molecule has 0 aliphatic heterocycles. The van der Waals surface area contributed by atoms with E-state index < -0.39 is 5.54 Å². The van der Waals surface area contributed by atoms with E-state index in [1.165, 1.54) is 0 Å². The second kappa shape index (κ2) is 6.17. The van der Waals surface area contributed by atoms with Gasteiger partial charge in [-0.3, -0.25) is 4.79 Å². The first-order valence-corrected chi connectivity index (χ1v) is 6.55. The number of carbonyl (C=O) groups excluding carboxylic acids is 1. The predicted octanol–water partition coefficient (Wildman–Crippen LogP) is 2.73. The van der Waals surface area contributed by atoms with Gasteiger partial charge in [-0.2, -0.15) is 0 Å². The molecular formula is C13H18BrNO2. The van der Waals surface area contributed by atoms with Crippen molar-refractivity contribution in [3.05, 3.63) is 34.3 Å². The molecule has 0 radical (unpaired) electrons. The van der Waals surface area contributed by atoms with Crippen LogP contribution in [0.1, 0.15) is 37.0 Å². The Morgan fingerprint density at radius 1 is 1.35 bits per heavy atom. The summed E-state index contributed by atoms with van der Waals surface area (Å²) >= 11 is 3.35. The minimum Gasteiger partial charge on any atom is -0.394 e. The Kier molecular flexibility index (Phi) is 5.15. The van der Waals surface area contributed by atoms with Crippen molar-refractivity contribution in [3.8, 4) is 0 Å². The molecule has 0 saturated heterocycles. The van der Waals surface area contributed by atoms with E-state index in [4.69, 9.17) is 0 Å². The van der Waals surface area contributed by atoms with E-state index in [2.05, 4.69) is 21.2 Å². The van der Waals surface area contributed by atoms with E-state index in [-0.39, 0.29) is 12.5 Å². The first-order chi connectivity index (χ1) is 8.08. The number of hydrogen-bond donors (Lipinski definition) is 2. The van der Waals surface area contributed by atoms with Crippen LogP contribution in [0.25, 0.3) is 0 Å². The molecule has 0 bridgehead atoms. The summed E-state index contributed by atoms with van der Waals surface area (Å²) in [7, 11) is 0. The van der Waals surface area contributed by atoms with Crippen LogP contribution < -0.4 is 5.32 Å². The summed E-state index contributed by atoms with van der Waals surface area (Å²) in [6.07, 6.45) is 1.41. The Morgan fingerprint density at radius 2 is 1.94 bits per heavy atom. The van der Waals surface area contributed by atoms with Crippen LogP contribution in [0.5, 0.6) is 0 Å². The van der Waals surface area contributed by atoms with Gasteiger partial charge < -0.3 is 10.4 Å². The van der Waals surface area contributed by atoms with Crippen molar-refractivity contribution < 1.29 is 9.90 Å². The molecule has 0 unspecified atom stereocenters. The number of benzene rings is 1. The number of hydrogen-bond acceptors (Lipinski definition) is 2. The summed E-state index contributed by atoms with van der Waals surface area (Å²) in [5, 5.41) is 12.3. The average molecular weight is 300 g/mol. The molecule has 1 aromatic carbocycles.